The highest BCUT2D eigenvalue weighted by Crippen LogP contribution is 2.15. The van der Waals surface area contributed by atoms with Crippen molar-refractivity contribution < 1.29 is 4.79 Å². The van der Waals surface area contributed by atoms with Gasteiger partial charge in [-0.1, -0.05) is 15.9 Å². The Morgan fingerprint density at radius 2 is 1.50 bits per heavy atom. The highest BCUT2D eigenvalue weighted by molar-refractivity contribution is 9.10. The van der Waals surface area contributed by atoms with Crippen molar-refractivity contribution in [1.82, 2.24) is 0 Å². The molecule has 92 valence electrons. The number of carbonyl (C=O) groups is 1. The number of hydrogen-bond acceptors (Lipinski definition) is 2. The van der Waals surface area contributed by atoms with Crippen molar-refractivity contribution in [3.8, 4) is 0 Å². The second kappa shape index (κ2) is 5.69. The normalized spacial score (nSPS) is 9.89. The fourth-order valence-electron chi connectivity index (χ4n) is 1.52. The summed E-state index contributed by atoms with van der Waals surface area (Å²) in [6.07, 6.45) is 0. The number of benzene rings is 2. The van der Waals surface area contributed by atoms with Crippen LogP contribution in [0.15, 0.2) is 53.0 Å². The quantitative estimate of drug-likeness (QED) is 0.907. The van der Waals surface area contributed by atoms with Crippen LogP contribution in [0.1, 0.15) is 10.4 Å². The largest absolute Gasteiger partial charge is 0.388 e. The molecule has 4 heteroatoms. The lowest BCUT2D eigenvalue weighted by Gasteiger charge is -2.06. The minimum absolute atomic E-state index is 0.111. The minimum atomic E-state index is -0.111. The van der Waals surface area contributed by atoms with Gasteiger partial charge in [0.15, 0.2) is 0 Å². The Hall–Kier alpha value is -1.81. The van der Waals surface area contributed by atoms with Crippen molar-refractivity contribution in [2.75, 3.05) is 17.7 Å². The molecule has 0 saturated heterocycles. The fourth-order valence-corrected chi connectivity index (χ4v) is 1.79. The number of nitrogens with one attached hydrogen (secondary N) is 2. The van der Waals surface area contributed by atoms with Crippen LogP contribution in [-0.4, -0.2) is 13.0 Å². The van der Waals surface area contributed by atoms with Crippen molar-refractivity contribution in [1.29, 1.82) is 0 Å². The average molecular weight is 305 g/mol. The molecule has 0 bridgehead atoms. The summed E-state index contributed by atoms with van der Waals surface area (Å²) >= 11 is 3.35. The van der Waals surface area contributed by atoms with E-state index in [-0.39, 0.29) is 5.91 Å². The molecule has 2 rings (SSSR count). The van der Waals surface area contributed by atoms with Gasteiger partial charge in [0, 0.05) is 28.5 Å². The van der Waals surface area contributed by atoms with Crippen LogP contribution in [-0.2, 0) is 0 Å². The molecule has 2 aromatic rings. The van der Waals surface area contributed by atoms with Gasteiger partial charge in [-0.05, 0) is 48.5 Å². The molecule has 0 spiro atoms. The van der Waals surface area contributed by atoms with E-state index in [4.69, 9.17) is 0 Å². The Balaban J connectivity index is 2.09. The summed E-state index contributed by atoms with van der Waals surface area (Å²) in [6, 6.07) is 14.8. The van der Waals surface area contributed by atoms with Crippen LogP contribution in [0, 0.1) is 0 Å². The van der Waals surface area contributed by atoms with E-state index in [9.17, 15) is 4.79 Å². The van der Waals surface area contributed by atoms with E-state index in [1.54, 1.807) is 12.1 Å². The smallest absolute Gasteiger partial charge is 0.255 e. The molecule has 2 aromatic carbocycles. The molecule has 0 heterocycles. The van der Waals surface area contributed by atoms with Crippen LogP contribution in [0.5, 0.6) is 0 Å². The molecule has 18 heavy (non-hydrogen) atoms. The zero-order valence-electron chi connectivity index (χ0n) is 9.91. The third-order valence-electron chi connectivity index (χ3n) is 2.54. The number of halogens is 1. The molecule has 2 N–H and O–H groups in total. The van der Waals surface area contributed by atoms with Crippen molar-refractivity contribution in [2.45, 2.75) is 0 Å². The van der Waals surface area contributed by atoms with Crippen molar-refractivity contribution >= 4 is 33.2 Å². The first-order valence-corrected chi connectivity index (χ1v) is 6.33. The van der Waals surface area contributed by atoms with E-state index in [0.29, 0.717) is 5.56 Å². The first kappa shape index (κ1) is 12.6. The van der Waals surface area contributed by atoms with E-state index in [0.717, 1.165) is 15.8 Å². The Morgan fingerprint density at radius 3 is 2.06 bits per heavy atom. The first-order chi connectivity index (χ1) is 8.69. The summed E-state index contributed by atoms with van der Waals surface area (Å²) in [5.41, 5.74) is 2.40. The Morgan fingerprint density at radius 1 is 0.944 bits per heavy atom. The zero-order valence-corrected chi connectivity index (χ0v) is 11.5. The molecule has 0 saturated carbocycles. The van der Waals surface area contributed by atoms with Gasteiger partial charge in [-0.2, -0.15) is 0 Å². The molecule has 0 radical (unpaired) electrons. The second-order valence-corrected chi connectivity index (χ2v) is 4.70. The third kappa shape index (κ3) is 3.11. The summed E-state index contributed by atoms with van der Waals surface area (Å²) in [7, 11) is 1.84. The van der Waals surface area contributed by atoms with Crippen molar-refractivity contribution in [3.05, 3.63) is 58.6 Å². The van der Waals surface area contributed by atoms with Gasteiger partial charge in [0.25, 0.3) is 5.91 Å². The summed E-state index contributed by atoms with van der Waals surface area (Å²) in [5.74, 6) is -0.111. The van der Waals surface area contributed by atoms with E-state index in [2.05, 4.69) is 26.6 Å². The van der Waals surface area contributed by atoms with Crippen molar-refractivity contribution in [2.24, 2.45) is 0 Å². The molecule has 0 aromatic heterocycles. The average Bonchev–Trinajstić information content (AvgIpc) is 2.41. The fraction of sp³-hybridized carbons (Fsp3) is 0.0714. The Kier molecular flexibility index (Phi) is 3.99. The molecule has 0 unspecified atom stereocenters. The monoisotopic (exact) mass is 304 g/mol. The summed E-state index contributed by atoms with van der Waals surface area (Å²) in [5, 5.41) is 5.85. The molecular formula is C14H13BrN2O. The van der Waals surface area contributed by atoms with Gasteiger partial charge in [0.1, 0.15) is 0 Å². The number of carbonyl (C=O) groups excluding carboxylic acids is 1. The number of rotatable bonds is 3. The Bertz CT molecular complexity index is 535. The van der Waals surface area contributed by atoms with Crippen LogP contribution < -0.4 is 10.6 Å². The highest BCUT2D eigenvalue weighted by atomic mass is 79.9. The van der Waals surface area contributed by atoms with E-state index >= 15 is 0 Å². The van der Waals surface area contributed by atoms with Crippen LogP contribution in [0.3, 0.4) is 0 Å². The van der Waals surface area contributed by atoms with Gasteiger partial charge in [-0.25, -0.2) is 0 Å². The number of amides is 1. The maximum atomic E-state index is 12.0. The Labute approximate surface area is 114 Å². The highest BCUT2D eigenvalue weighted by Gasteiger charge is 2.05. The molecule has 0 aliphatic carbocycles. The van der Waals surface area contributed by atoms with Gasteiger partial charge in [0.05, 0.1) is 0 Å². The molecule has 1 amide bonds. The van der Waals surface area contributed by atoms with E-state index in [1.165, 1.54) is 0 Å². The van der Waals surface area contributed by atoms with Crippen LogP contribution in [0.4, 0.5) is 11.4 Å². The van der Waals surface area contributed by atoms with Crippen LogP contribution in [0.25, 0.3) is 0 Å². The summed E-state index contributed by atoms with van der Waals surface area (Å²) in [4.78, 5) is 12.0. The van der Waals surface area contributed by atoms with E-state index in [1.807, 2.05) is 43.4 Å². The second-order valence-electron chi connectivity index (χ2n) is 3.79. The predicted octanol–water partition coefficient (Wildman–Crippen LogP) is 3.74. The SMILES string of the molecule is CNc1ccc(C(=O)Nc2ccc(Br)cc2)cc1. The minimum Gasteiger partial charge on any atom is -0.388 e. The lowest BCUT2D eigenvalue weighted by molar-refractivity contribution is 0.102. The van der Waals surface area contributed by atoms with Crippen LogP contribution >= 0.6 is 15.9 Å². The van der Waals surface area contributed by atoms with Gasteiger partial charge in [0.2, 0.25) is 0 Å². The zero-order chi connectivity index (χ0) is 13.0. The lowest BCUT2D eigenvalue weighted by atomic mass is 10.2. The molecular weight excluding hydrogens is 292 g/mol. The standard InChI is InChI=1S/C14H13BrN2O/c1-16-12-6-2-10(3-7-12)14(18)17-13-8-4-11(15)5-9-13/h2-9,16H,1H3,(H,17,18). The molecule has 0 aliphatic rings. The predicted molar refractivity (Wildman–Crippen MR) is 78.1 cm³/mol. The van der Waals surface area contributed by atoms with Gasteiger partial charge in [-0.15, -0.1) is 0 Å². The lowest BCUT2D eigenvalue weighted by Crippen LogP contribution is -2.11. The first-order valence-electron chi connectivity index (χ1n) is 5.54. The molecule has 0 atom stereocenters. The number of anilines is 2. The topological polar surface area (TPSA) is 41.1 Å². The van der Waals surface area contributed by atoms with Gasteiger partial charge >= 0.3 is 0 Å². The number of hydrogen-bond donors (Lipinski definition) is 2. The summed E-state index contributed by atoms with van der Waals surface area (Å²) < 4.78 is 0.985. The summed E-state index contributed by atoms with van der Waals surface area (Å²) in [6.45, 7) is 0. The molecule has 0 fully saturated rings. The van der Waals surface area contributed by atoms with E-state index < -0.39 is 0 Å². The van der Waals surface area contributed by atoms with Gasteiger partial charge in [-0.3, -0.25) is 4.79 Å². The molecule has 0 aliphatic heterocycles. The molecule has 3 nitrogen and oxygen atoms in total. The van der Waals surface area contributed by atoms with Crippen LogP contribution in [0.2, 0.25) is 0 Å². The maximum absolute atomic E-state index is 12.0. The van der Waals surface area contributed by atoms with Gasteiger partial charge < -0.3 is 10.6 Å². The third-order valence-corrected chi connectivity index (χ3v) is 3.07. The maximum Gasteiger partial charge on any atom is 0.255 e. The van der Waals surface area contributed by atoms with Crippen molar-refractivity contribution in [3.63, 3.8) is 0 Å².